The summed E-state index contributed by atoms with van der Waals surface area (Å²) < 4.78 is 0. The van der Waals surface area contributed by atoms with Gasteiger partial charge in [-0.15, -0.1) is 0 Å². The average molecular weight is 436 g/mol. The van der Waals surface area contributed by atoms with Gasteiger partial charge in [0.05, 0.1) is 17.6 Å². The Labute approximate surface area is 185 Å². The molecule has 0 radical (unpaired) electrons. The number of fused-ring (bicyclic) bond motifs is 2. The summed E-state index contributed by atoms with van der Waals surface area (Å²) in [5.41, 5.74) is 8.80. The molecule has 1 N–H and O–H groups in total. The molecular weight excluding hydrogens is 414 g/mol. The van der Waals surface area contributed by atoms with E-state index in [-0.39, 0.29) is 11.3 Å². The number of amides is 1. The quantitative estimate of drug-likeness (QED) is 0.611. The number of para-hydroxylation sites is 1. The molecule has 2 atom stereocenters. The van der Waals surface area contributed by atoms with Crippen molar-refractivity contribution in [1.82, 2.24) is 10.4 Å². The number of carbonyl (C=O) groups is 1. The standard InChI is InChI=1S/C24H22ClN3OS/c1-16-9-3-5-11-18(16)22-27(2)26-24(30-22)19-12-6-8-14-21(19)28(23(24)29)15-17-10-4-7-13-20(17)25/h3-14,22,26H,15H2,1-2H3. The van der Waals surface area contributed by atoms with E-state index < -0.39 is 4.87 Å². The van der Waals surface area contributed by atoms with Crippen LogP contribution in [0, 0.1) is 6.92 Å². The highest BCUT2D eigenvalue weighted by molar-refractivity contribution is 8.01. The molecule has 1 amide bonds. The van der Waals surface area contributed by atoms with E-state index in [0.717, 1.165) is 16.8 Å². The molecule has 4 nitrogen and oxygen atoms in total. The Bertz CT molecular complexity index is 1140. The molecule has 0 saturated carbocycles. The molecule has 0 bridgehead atoms. The lowest BCUT2D eigenvalue weighted by atomic mass is 10.1. The molecule has 2 aliphatic heterocycles. The van der Waals surface area contributed by atoms with Gasteiger partial charge in [0.2, 0.25) is 0 Å². The Morgan fingerprint density at radius 2 is 1.73 bits per heavy atom. The monoisotopic (exact) mass is 435 g/mol. The third kappa shape index (κ3) is 2.96. The molecule has 0 aromatic heterocycles. The van der Waals surface area contributed by atoms with Crippen LogP contribution in [0.3, 0.4) is 0 Å². The second-order valence-electron chi connectivity index (χ2n) is 7.73. The van der Waals surface area contributed by atoms with Gasteiger partial charge in [0.1, 0.15) is 0 Å². The molecule has 6 heteroatoms. The fraction of sp³-hybridized carbons (Fsp3) is 0.208. The van der Waals surface area contributed by atoms with Gasteiger partial charge < -0.3 is 4.90 Å². The van der Waals surface area contributed by atoms with Crippen molar-refractivity contribution < 1.29 is 4.79 Å². The van der Waals surface area contributed by atoms with Gasteiger partial charge in [0.25, 0.3) is 5.91 Å². The second-order valence-corrected chi connectivity index (χ2v) is 9.43. The average Bonchev–Trinajstić information content (AvgIpc) is 3.21. The van der Waals surface area contributed by atoms with E-state index in [0.29, 0.717) is 11.6 Å². The van der Waals surface area contributed by atoms with E-state index in [2.05, 4.69) is 35.6 Å². The Hall–Kier alpha value is -2.31. The topological polar surface area (TPSA) is 35.6 Å². The van der Waals surface area contributed by atoms with Gasteiger partial charge >= 0.3 is 0 Å². The van der Waals surface area contributed by atoms with E-state index in [4.69, 9.17) is 11.6 Å². The first-order chi connectivity index (χ1) is 14.5. The van der Waals surface area contributed by atoms with Crippen molar-refractivity contribution in [3.05, 3.63) is 100 Å². The molecule has 30 heavy (non-hydrogen) atoms. The van der Waals surface area contributed by atoms with E-state index in [1.807, 2.05) is 66.5 Å². The number of nitrogens with zero attached hydrogens (tertiary/aromatic N) is 2. The molecular formula is C24H22ClN3OS. The highest BCUT2D eigenvalue weighted by Gasteiger charge is 2.58. The summed E-state index contributed by atoms with van der Waals surface area (Å²) in [6, 6.07) is 24.1. The summed E-state index contributed by atoms with van der Waals surface area (Å²) in [4.78, 5) is 14.9. The first-order valence-electron chi connectivity index (χ1n) is 9.90. The van der Waals surface area contributed by atoms with Crippen LogP contribution >= 0.6 is 23.4 Å². The lowest BCUT2D eigenvalue weighted by molar-refractivity contribution is -0.122. The van der Waals surface area contributed by atoms with Crippen LogP contribution in [-0.2, 0) is 16.2 Å². The molecule has 2 heterocycles. The highest BCUT2D eigenvalue weighted by atomic mass is 35.5. The summed E-state index contributed by atoms with van der Waals surface area (Å²) in [5, 5.41) is 2.76. The molecule has 1 spiro atoms. The summed E-state index contributed by atoms with van der Waals surface area (Å²) in [6.07, 6.45) is 0. The van der Waals surface area contributed by atoms with Crippen molar-refractivity contribution in [2.45, 2.75) is 23.7 Å². The van der Waals surface area contributed by atoms with Crippen molar-refractivity contribution in [3.63, 3.8) is 0 Å². The van der Waals surface area contributed by atoms with Gasteiger partial charge in [-0.1, -0.05) is 84.0 Å². The smallest absolute Gasteiger partial charge is 0.264 e. The first kappa shape index (κ1) is 19.6. The molecule has 1 saturated heterocycles. The molecule has 2 unspecified atom stereocenters. The van der Waals surface area contributed by atoms with E-state index in [9.17, 15) is 4.79 Å². The summed E-state index contributed by atoms with van der Waals surface area (Å²) >= 11 is 8.06. The van der Waals surface area contributed by atoms with Crippen LogP contribution in [-0.4, -0.2) is 18.0 Å². The SMILES string of the molecule is Cc1ccccc1C1SC2(NN1C)C(=O)N(Cc1ccccc1Cl)c1ccccc12. The van der Waals surface area contributed by atoms with E-state index >= 15 is 0 Å². The summed E-state index contributed by atoms with van der Waals surface area (Å²) in [6.45, 7) is 2.56. The third-order valence-corrected chi connectivity index (χ3v) is 7.84. The van der Waals surface area contributed by atoms with Gasteiger partial charge in [0, 0.05) is 17.6 Å². The van der Waals surface area contributed by atoms with Gasteiger partial charge in [-0.25, -0.2) is 10.4 Å². The van der Waals surface area contributed by atoms with Crippen LogP contribution in [0.15, 0.2) is 72.8 Å². The van der Waals surface area contributed by atoms with Crippen LogP contribution in [0.5, 0.6) is 0 Å². The minimum absolute atomic E-state index is 0.0310. The number of hydrazine groups is 1. The Morgan fingerprint density at radius 3 is 2.53 bits per heavy atom. The number of benzene rings is 3. The number of halogens is 1. The molecule has 0 aliphatic carbocycles. The molecule has 5 rings (SSSR count). The van der Waals surface area contributed by atoms with Gasteiger partial charge in [-0.3, -0.25) is 4.79 Å². The fourth-order valence-electron chi connectivity index (χ4n) is 4.31. The predicted molar refractivity (Wildman–Crippen MR) is 123 cm³/mol. The normalized spacial score (nSPS) is 23.4. The maximum Gasteiger partial charge on any atom is 0.264 e. The zero-order valence-electron chi connectivity index (χ0n) is 16.8. The minimum atomic E-state index is -0.848. The second kappa shape index (κ2) is 7.43. The predicted octanol–water partition coefficient (Wildman–Crippen LogP) is 5.23. The molecule has 2 aliphatic rings. The largest absolute Gasteiger partial charge is 0.305 e. The molecule has 3 aromatic rings. The number of rotatable bonds is 3. The minimum Gasteiger partial charge on any atom is -0.305 e. The molecule has 3 aromatic carbocycles. The van der Waals surface area contributed by atoms with Crippen LogP contribution in [0.1, 0.15) is 27.6 Å². The van der Waals surface area contributed by atoms with E-state index in [1.165, 1.54) is 11.1 Å². The van der Waals surface area contributed by atoms with E-state index in [1.54, 1.807) is 11.8 Å². The summed E-state index contributed by atoms with van der Waals surface area (Å²) in [5.74, 6) is 0.0385. The maximum absolute atomic E-state index is 13.9. The zero-order valence-corrected chi connectivity index (χ0v) is 18.4. The molecule has 1 fully saturated rings. The molecule has 152 valence electrons. The summed E-state index contributed by atoms with van der Waals surface area (Å²) in [7, 11) is 2.01. The number of carbonyl (C=O) groups excluding carboxylic acids is 1. The number of anilines is 1. The number of aryl methyl sites for hydroxylation is 1. The van der Waals surface area contributed by atoms with Crippen LogP contribution < -0.4 is 10.3 Å². The van der Waals surface area contributed by atoms with Crippen LogP contribution in [0.2, 0.25) is 5.02 Å². The highest BCUT2D eigenvalue weighted by Crippen LogP contribution is 2.57. The van der Waals surface area contributed by atoms with Gasteiger partial charge in [-0.2, -0.15) is 0 Å². The van der Waals surface area contributed by atoms with Crippen molar-refractivity contribution >= 4 is 35.0 Å². The Morgan fingerprint density at radius 1 is 1.03 bits per heavy atom. The van der Waals surface area contributed by atoms with Gasteiger partial charge in [-0.05, 0) is 35.7 Å². The Balaban J connectivity index is 1.56. The number of hydrogen-bond acceptors (Lipinski definition) is 4. The van der Waals surface area contributed by atoms with Crippen molar-refractivity contribution in [2.75, 3.05) is 11.9 Å². The van der Waals surface area contributed by atoms with Crippen LogP contribution in [0.4, 0.5) is 5.69 Å². The van der Waals surface area contributed by atoms with Crippen molar-refractivity contribution in [3.8, 4) is 0 Å². The zero-order chi connectivity index (χ0) is 20.9. The van der Waals surface area contributed by atoms with Crippen molar-refractivity contribution in [1.29, 1.82) is 0 Å². The fourth-order valence-corrected chi connectivity index (χ4v) is 6.15. The lowest BCUT2D eigenvalue weighted by Crippen LogP contribution is -2.48. The first-order valence-corrected chi connectivity index (χ1v) is 11.2. The number of hydrogen-bond donors (Lipinski definition) is 1. The maximum atomic E-state index is 13.9. The van der Waals surface area contributed by atoms with Crippen LogP contribution in [0.25, 0.3) is 0 Å². The Kier molecular flexibility index (Phi) is 4.86. The van der Waals surface area contributed by atoms with Crippen molar-refractivity contribution in [2.24, 2.45) is 0 Å². The lowest BCUT2D eigenvalue weighted by Gasteiger charge is -2.24. The van der Waals surface area contributed by atoms with Gasteiger partial charge in [0.15, 0.2) is 4.87 Å². The third-order valence-electron chi connectivity index (χ3n) is 5.84. The number of thioether (sulfide) groups is 1. The number of nitrogens with one attached hydrogen (secondary N) is 1.